The van der Waals surface area contributed by atoms with Crippen molar-refractivity contribution in [1.82, 2.24) is 0 Å². The number of hydrogen-bond acceptors (Lipinski definition) is 4. The van der Waals surface area contributed by atoms with Gasteiger partial charge in [-0.1, -0.05) is 204 Å². The number of aryl methyl sites for hydroxylation is 2. The van der Waals surface area contributed by atoms with Crippen molar-refractivity contribution in [3.05, 3.63) is 96.1 Å². The zero-order chi connectivity index (χ0) is 43.8. The van der Waals surface area contributed by atoms with E-state index in [9.17, 15) is 9.59 Å². The van der Waals surface area contributed by atoms with Gasteiger partial charge in [0.15, 0.2) is 0 Å². The maximum atomic E-state index is 14.1. The molecule has 0 spiro atoms. The number of hydrogen-bond donors (Lipinski definition) is 0. The highest BCUT2D eigenvalue weighted by Crippen LogP contribution is 2.50. The largest absolute Gasteiger partial charge is 0.425 e. The predicted molar refractivity (Wildman–Crippen MR) is 265 cm³/mol. The van der Waals surface area contributed by atoms with Gasteiger partial charge in [0.1, 0.15) is 11.5 Å². The maximum absolute atomic E-state index is 14.1. The second-order valence-electron chi connectivity index (χ2n) is 17.9. The van der Waals surface area contributed by atoms with E-state index >= 15 is 0 Å². The first kappa shape index (κ1) is 46.8. The van der Waals surface area contributed by atoms with Gasteiger partial charge in [-0.25, -0.2) is 0 Å². The third kappa shape index (κ3) is 11.1. The topological polar surface area (TPSA) is 52.6 Å². The average molecular weight is 835 g/mol. The minimum absolute atomic E-state index is 0.143. The third-order valence-electron chi connectivity index (χ3n) is 13.3. The van der Waals surface area contributed by atoms with Crippen LogP contribution in [0.3, 0.4) is 0 Å². The predicted octanol–water partition coefficient (Wildman–Crippen LogP) is 17.2. The molecule has 6 aromatic carbocycles. The number of fused-ring (bicyclic) bond motifs is 4. The van der Waals surface area contributed by atoms with E-state index < -0.39 is 0 Å². The summed E-state index contributed by atoms with van der Waals surface area (Å²) in [7, 11) is 0. The van der Waals surface area contributed by atoms with Crippen molar-refractivity contribution in [2.24, 2.45) is 11.8 Å². The van der Waals surface area contributed by atoms with E-state index in [1.807, 2.05) is 0 Å². The van der Waals surface area contributed by atoms with E-state index in [2.05, 4.69) is 126 Å². The maximum Gasteiger partial charge on any atom is 0.314 e. The Morgan fingerprint density at radius 2 is 0.758 bits per heavy atom. The van der Waals surface area contributed by atoms with Gasteiger partial charge in [-0.15, -0.1) is 0 Å². The molecule has 0 saturated heterocycles. The van der Waals surface area contributed by atoms with Gasteiger partial charge in [-0.05, 0) is 95.2 Å². The van der Waals surface area contributed by atoms with Gasteiger partial charge in [0.2, 0.25) is 0 Å². The molecular formula is C58H74O4. The molecule has 0 radical (unpaired) electrons. The van der Waals surface area contributed by atoms with Gasteiger partial charge < -0.3 is 9.47 Å². The molecule has 6 rings (SSSR count). The van der Waals surface area contributed by atoms with E-state index in [0.717, 1.165) is 131 Å². The molecule has 0 saturated carbocycles. The van der Waals surface area contributed by atoms with Crippen LogP contribution in [0.5, 0.6) is 11.5 Å². The number of ether oxygens (including phenoxy) is 2. The smallest absolute Gasteiger partial charge is 0.314 e. The minimum atomic E-state index is -0.149. The zero-order valence-electron chi connectivity index (χ0n) is 39.0. The molecule has 62 heavy (non-hydrogen) atoms. The molecule has 4 heteroatoms. The van der Waals surface area contributed by atoms with Crippen molar-refractivity contribution in [3.8, 4) is 22.6 Å². The fraction of sp³-hybridized carbons (Fsp3) is 0.483. The van der Waals surface area contributed by atoms with Crippen LogP contribution in [0.1, 0.15) is 168 Å². The van der Waals surface area contributed by atoms with Crippen molar-refractivity contribution >= 4 is 55.0 Å². The monoisotopic (exact) mass is 835 g/mol. The van der Waals surface area contributed by atoms with E-state index in [1.165, 1.54) is 62.5 Å². The van der Waals surface area contributed by atoms with Crippen molar-refractivity contribution in [1.29, 1.82) is 0 Å². The summed E-state index contributed by atoms with van der Waals surface area (Å²) in [6.07, 6.45) is 21.4. The molecular weight excluding hydrogens is 761 g/mol. The summed E-state index contributed by atoms with van der Waals surface area (Å²) in [5, 5.41) is 8.05. The fourth-order valence-corrected chi connectivity index (χ4v) is 9.55. The number of esters is 2. The van der Waals surface area contributed by atoms with Gasteiger partial charge in [0.05, 0.1) is 11.8 Å². The lowest BCUT2D eigenvalue weighted by molar-refractivity contribution is -0.140. The number of rotatable bonds is 25. The molecule has 0 bridgehead atoms. The quantitative estimate of drug-likeness (QED) is 0.0249. The van der Waals surface area contributed by atoms with E-state index in [-0.39, 0.29) is 23.8 Å². The molecule has 2 atom stereocenters. The molecule has 0 aromatic heterocycles. The molecule has 0 fully saturated rings. The Bertz CT molecular complexity index is 2240. The van der Waals surface area contributed by atoms with Gasteiger partial charge in [-0.2, -0.15) is 0 Å². The van der Waals surface area contributed by atoms with Crippen molar-refractivity contribution in [2.75, 3.05) is 0 Å². The summed E-state index contributed by atoms with van der Waals surface area (Å²) in [6.45, 7) is 13.1. The normalized spacial score (nSPS) is 12.7. The molecule has 4 nitrogen and oxygen atoms in total. The van der Waals surface area contributed by atoms with Crippen LogP contribution in [-0.4, -0.2) is 11.9 Å². The zero-order valence-corrected chi connectivity index (χ0v) is 39.0. The van der Waals surface area contributed by atoms with Crippen molar-refractivity contribution in [3.63, 3.8) is 0 Å². The first-order valence-electron chi connectivity index (χ1n) is 24.8. The highest BCUT2D eigenvalue weighted by Gasteiger charge is 2.27. The molecule has 0 aliphatic heterocycles. The van der Waals surface area contributed by atoms with E-state index in [1.54, 1.807) is 0 Å². The van der Waals surface area contributed by atoms with Crippen LogP contribution in [0.25, 0.3) is 54.2 Å². The lowest BCUT2D eigenvalue weighted by atomic mass is 9.84. The standard InChI is InChI=1S/C58H74O4/c1-7-13-17-19-21-27-41-35-37-49-51(39-41)53(45-31-23-25-33-47(45)55(49)61-57(59)43(11-5)29-15-9-3)54-46-32-24-26-34-48(46)56(62-58(60)44(12-6)30-16-10-4)50-38-36-42(40-52(50)54)28-22-20-18-14-8-2/h23-26,31-40,43-44H,7-22,27-30H2,1-6H3. The number of unbranched alkanes of at least 4 members (excludes halogenated alkanes) is 10. The molecule has 330 valence electrons. The summed E-state index contributed by atoms with van der Waals surface area (Å²) >= 11 is 0. The van der Waals surface area contributed by atoms with Crippen molar-refractivity contribution in [2.45, 2.75) is 170 Å². The Balaban J connectivity index is 1.65. The Morgan fingerprint density at radius 1 is 0.403 bits per heavy atom. The van der Waals surface area contributed by atoms with Gasteiger partial charge in [0, 0.05) is 21.5 Å². The summed E-state index contributed by atoms with van der Waals surface area (Å²) in [5.74, 6) is 0.717. The highest BCUT2D eigenvalue weighted by atomic mass is 16.5. The minimum Gasteiger partial charge on any atom is -0.425 e. The van der Waals surface area contributed by atoms with E-state index in [0.29, 0.717) is 11.5 Å². The molecule has 0 aliphatic carbocycles. The van der Waals surface area contributed by atoms with Gasteiger partial charge >= 0.3 is 11.9 Å². The second-order valence-corrected chi connectivity index (χ2v) is 17.9. The molecule has 0 amide bonds. The number of benzene rings is 6. The summed E-state index contributed by atoms with van der Waals surface area (Å²) in [6, 6.07) is 30.7. The van der Waals surface area contributed by atoms with E-state index in [4.69, 9.17) is 9.47 Å². The van der Waals surface area contributed by atoms with Crippen molar-refractivity contribution < 1.29 is 19.1 Å². The summed E-state index contributed by atoms with van der Waals surface area (Å²) in [5.41, 5.74) is 4.85. The number of carbonyl (C=O) groups is 2. The third-order valence-corrected chi connectivity index (χ3v) is 13.3. The fourth-order valence-electron chi connectivity index (χ4n) is 9.55. The summed E-state index contributed by atoms with van der Waals surface area (Å²) < 4.78 is 13.3. The Labute approximate surface area is 373 Å². The van der Waals surface area contributed by atoms with Gasteiger partial charge in [-0.3, -0.25) is 9.59 Å². The SMILES string of the molecule is CCCCCCCc1ccc2c(OC(=O)C(CC)CCCC)c3ccccc3c(-c3c4ccccc4c(OC(=O)C(CC)CCCC)c4ccc(CCCCCCC)cc34)c2c1. The van der Waals surface area contributed by atoms with Crippen LogP contribution in [-0.2, 0) is 22.4 Å². The Kier molecular flexibility index (Phi) is 17.9. The van der Waals surface area contributed by atoms with Gasteiger partial charge in [0.25, 0.3) is 0 Å². The first-order valence-corrected chi connectivity index (χ1v) is 24.8. The second kappa shape index (κ2) is 23.7. The van der Waals surface area contributed by atoms with Crippen LogP contribution in [0.4, 0.5) is 0 Å². The first-order chi connectivity index (χ1) is 30.4. The Morgan fingerprint density at radius 3 is 1.13 bits per heavy atom. The molecule has 0 aliphatic rings. The Hall–Kier alpha value is -4.70. The molecule has 2 unspecified atom stereocenters. The van der Waals surface area contributed by atoms with Crippen LogP contribution in [0, 0.1) is 11.8 Å². The van der Waals surface area contributed by atoms with Crippen LogP contribution < -0.4 is 9.47 Å². The number of carbonyl (C=O) groups excluding carboxylic acids is 2. The summed E-state index contributed by atoms with van der Waals surface area (Å²) in [4.78, 5) is 28.2. The van der Waals surface area contributed by atoms with Crippen LogP contribution >= 0.6 is 0 Å². The lowest BCUT2D eigenvalue weighted by Crippen LogP contribution is -2.20. The molecule has 6 aromatic rings. The van der Waals surface area contributed by atoms with Crippen LogP contribution in [0.15, 0.2) is 84.9 Å². The lowest BCUT2D eigenvalue weighted by Gasteiger charge is -2.23. The molecule has 0 N–H and O–H groups in total. The average Bonchev–Trinajstić information content (AvgIpc) is 3.29. The van der Waals surface area contributed by atoms with Crippen LogP contribution in [0.2, 0.25) is 0 Å². The highest BCUT2D eigenvalue weighted by molar-refractivity contribution is 6.27. The molecule has 0 heterocycles.